The second-order valence-electron chi connectivity index (χ2n) is 6.68. The molecule has 0 aliphatic heterocycles. The van der Waals surface area contributed by atoms with Crippen molar-refractivity contribution in [1.29, 1.82) is 0 Å². The molecule has 1 atom stereocenters. The molecule has 0 aliphatic rings. The van der Waals surface area contributed by atoms with Gasteiger partial charge in [-0.05, 0) is 51.5 Å². The van der Waals surface area contributed by atoms with Crippen molar-refractivity contribution in [2.24, 2.45) is 0 Å². The lowest BCUT2D eigenvalue weighted by molar-refractivity contribution is -0.118. The number of ether oxygens (including phenoxy) is 1. The van der Waals surface area contributed by atoms with Crippen LogP contribution in [0.3, 0.4) is 0 Å². The Morgan fingerprint density at radius 3 is 2.19 bits per heavy atom. The minimum atomic E-state index is 0.0327. The summed E-state index contributed by atoms with van der Waals surface area (Å²) in [6.07, 6.45) is 0. The van der Waals surface area contributed by atoms with Gasteiger partial charge in [-0.15, -0.1) is 0 Å². The van der Waals surface area contributed by atoms with Crippen molar-refractivity contribution in [3.05, 3.63) is 29.3 Å². The van der Waals surface area contributed by atoms with Crippen LogP contribution in [0.2, 0.25) is 0 Å². The molecule has 1 aromatic carbocycles. The minimum absolute atomic E-state index is 0.0327. The second-order valence-corrected chi connectivity index (χ2v) is 6.68. The Kier molecular flexibility index (Phi) is 10.5. The number of rotatable bonds is 12. The van der Waals surface area contributed by atoms with Gasteiger partial charge in [0.25, 0.3) is 0 Å². The van der Waals surface area contributed by atoms with Crippen LogP contribution in [0.25, 0.3) is 0 Å². The molecule has 5 heteroatoms. The maximum Gasteiger partial charge on any atom is 0.238 e. The van der Waals surface area contributed by atoms with Crippen LogP contribution >= 0.6 is 0 Å². The molecule has 0 radical (unpaired) electrons. The monoisotopic (exact) mass is 363 g/mol. The number of hydrogen-bond donors (Lipinski definition) is 1. The van der Waals surface area contributed by atoms with Gasteiger partial charge in [0.1, 0.15) is 0 Å². The minimum Gasteiger partial charge on any atom is -0.380 e. The first-order chi connectivity index (χ1) is 12.5. The smallest absolute Gasteiger partial charge is 0.238 e. The third kappa shape index (κ3) is 7.06. The lowest BCUT2D eigenvalue weighted by atomic mass is 10.1. The predicted molar refractivity (Wildman–Crippen MR) is 110 cm³/mol. The summed E-state index contributed by atoms with van der Waals surface area (Å²) in [5.41, 5.74) is 3.12. The van der Waals surface area contributed by atoms with Gasteiger partial charge >= 0.3 is 0 Å². The maximum absolute atomic E-state index is 12.7. The number of carbonyl (C=O) groups excluding carboxylic acids is 1. The van der Waals surface area contributed by atoms with Crippen molar-refractivity contribution < 1.29 is 9.53 Å². The topological polar surface area (TPSA) is 44.8 Å². The average Bonchev–Trinajstić information content (AvgIpc) is 2.63. The highest BCUT2D eigenvalue weighted by atomic mass is 16.5. The molecule has 0 aromatic heterocycles. The normalized spacial score (nSPS) is 12.6. The van der Waals surface area contributed by atoms with Crippen LogP contribution in [0, 0.1) is 13.8 Å². The zero-order valence-corrected chi connectivity index (χ0v) is 17.5. The van der Waals surface area contributed by atoms with E-state index in [1.54, 1.807) is 0 Å². The third-order valence-corrected chi connectivity index (χ3v) is 4.89. The highest BCUT2D eigenvalue weighted by molar-refractivity contribution is 5.93. The summed E-state index contributed by atoms with van der Waals surface area (Å²) in [6, 6.07) is 6.28. The van der Waals surface area contributed by atoms with E-state index in [1.165, 1.54) is 0 Å². The molecule has 26 heavy (non-hydrogen) atoms. The van der Waals surface area contributed by atoms with Gasteiger partial charge in [0.2, 0.25) is 5.91 Å². The summed E-state index contributed by atoms with van der Waals surface area (Å²) in [5, 5.41) is 3.10. The van der Waals surface area contributed by atoms with Crippen LogP contribution < -0.4 is 5.32 Å². The first kappa shape index (κ1) is 22.6. The molecule has 0 aliphatic carbocycles. The van der Waals surface area contributed by atoms with E-state index in [1.807, 2.05) is 39.0 Å². The highest BCUT2D eigenvalue weighted by Crippen LogP contribution is 2.19. The number of para-hydroxylation sites is 1. The first-order valence-electron chi connectivity index (χ1n) is 9.86. The van der Waals surface area contributed by atoms with Gasteiger partial charge in [-0.2, -0.15) is 0 Å². The molecular weight excluding hydrogens is 326 g/mol. The molecular formula is C21H37N3O2. The first-order valence-corrected chi connectivity index (χ1v) is 9.86. The summed E-state index contributed by atoms with van der Waals surface area (Å²) in [7, 11) is 0. The van der Waals surface area contributed by atoms with Crippen LogP contribution in [0.15, 0.2) is 18.2 Å². The lowest BCUT2D eigenvalue weighted by Crippen LogP contribution is -2.49. The summed E-state index contributed by atoms with van der Waals surface area (Å²) in [5.74, 6) is 0.0327. The Morgan fingerprint density at radius 1 is 1.08 bits per heavy atom. The number of nitrogens with one attached hydrogen (secondary N) is 1. The molecule has 1 aromatic rings. The van der Waals surface area contributed by atoms with Crippen LogP contribution in [0.4, 0.5) is 5.69 Å². The second kappa shape index (κ2) is 12.0. The Bertz CT molecular complexity index is 524. The highest BCUT2D eigenvalue weighted by Gasteiger charge is 2.22. The standard InChI is InChI=1S/C21H37N3O2/c1-7-23(8-2)14-19(16-26-10-4)24(9-3)15-20(25)22-21-17(5)12-11-13-18(21)6/h11-13,19H,7-10,14-16H2,1-6H3,(H,22,25). The molecule has 0 saturated heterocycles. The number of amides is 1. The molecule has 148 valence electrons. The van der Waals surface area contributed by atoms with Crippen LogP contribution in [0.1, 0.15) is 38.8 Å². The number of carbonyl (C=O) groups is 1. The summed E-state index contributed by atoms with van der Waals surface area (Å²) >= 11 is 0. The van der Waals surface area contributed by atoms with Gasteiger partial charge < -0.3 is 15.0 Å². The fourth-order valence-corrected chi connectivity index (χ4v) is 3.18. The Labute approximate surface area is 159 Å². The van der Waals surface area contributed by atoms with E-state index in [4.69, 9.17) is 4.74 Å². The Balaban J connectivity index is 2.80. The van der Waals surface area contributed by atoms with Crippen molar-refractivity contribution in [3.8, 4) is 0 Å². The molecule has 0 spiro atoms. The molecule has 0 saturated carbocycles. The molecule has 1 N–H and O–H groups in total. The van der Waals surface area contributed by atoms with Crippen molar-refractivity contribution in [2.75, 3.05) is 51.3 Å². The van der Waals surface area contributed by atoms with Crippen molar-refractivity contribution in [3.63, 3.8) is 0 Å². The fraction of sp³-hybridized carbons (Fsp3) is 0.667. The van der Waals surface area contributed by atoms with Crippen molar-refractivity contribution >= 4 is 11.6 Å². The largest absolute Gasteiger partial charge is 0.380 e. The third-order valence-electron chi connectivity index (χ3n) is 4.89. The Morgan fingerprint density at radius 2 is 1.69 bits per heavy atom. The number of likely N-dealkylation sites (N-methyl/N-ethyl adjacent to an activating group) is 2. The lowest BCUT2D eigenvalue weighted by Gasteiger charge is -2.33. The van der Waals surface area contributed by atoms with Crippen molar-refractivity contribution in [1.82, 2.24) is 9.80 Å². The number of aryl methyl sites for hydroxylation is 2. The maximum atomic E-state index is 12.7. The van der Waals surface area contributed by atoms with E-state index in [0.717, 1.165) is 43.0 Å². The molecule has 1 amide bonds. The van der Waals surface area contributed by atoms with Crippen LogP contribution in [-0.2, 0) is 9.53 Å². The molecule has 1 rings (SSSR count). The zero-order chi connectivity index (χ0) is 19.5. The van der Waals surface area contributed by atoms with E-state index >= 15 is 0 Å². The zero-order valence-electron chi connectivity index (χ0n) is 17.5. The van der Waals surface area contributed by atoms with Gasteiger partial charge in [0.15, 0.2) is 0 Å². The molecule has 0 bridgehead atoms. The predicted octanol–water partition coefficient (Wildman–Crippen LogP) is 3.31. The van der Waals surface area contributed by atoms with Gasteiger partial charge in [-0.3, -0.25) is 9.69 Å². The van der Waals surface area contributed by atoms with E-state index in [-0.39, 0.29) is 11.9 Å². The summed E-state index contributed by atoms with van der Waals surface area (Å²) in [4.78, 5) is 17.3. The summed E-state index contributed by atoms with van der Waals surface area (Å²) in [6.45, 7) is 18.0. The van der Waals surface area contributed by atoms with Gasteiger partial charge in [0, 0.05) is 24.9 Å². The SMILES string of the molecule is CCOCC(CN(CC)CC)N(CC)CC(=O)Nc1c(C)cccc1C. The van der Waals surface area contributed by atoms with E-state index < -0.39 is 0 Å². The van der Waals surface area contributed by atoms with Crippen LogP contribution in [0.5, 0.6) is 0 Å². The molecule has 5 nitrogen and oxygen atoms in total. The van der Waals surface area contributed by atoms with Crippen molar-refractivity contribution in [2.45, 2.75) is 47.6 Å². The fourth-order valence-electron chi connectivity index (χ4n) is 3.18. The van der Waals surface area contributed by atoms with Gasteiger partial charge in [0.05, 0.1) is 13.2 Å². The Hall–Kier alpha value is -1.43. The van der Waals surface area contributed by atoms with Gasteiger partial charge in [-0.25, -0.2) is 0 Å². The summed E-state index contributed by atoms with van der Waals surface area (Å²) < 4.78 is 5.71. The molecule has 0 heterocycles. The number of hydrogen-bond acceptors (Lipinski definition) is 4. The van der Waals surface area contributed by atoms with Crippen LogP contribution in [-0.4, -0.2) is 67.7 Å². The van der Waals surface area contributed by atoms with E-state index in [0.29, 0.717) is 19.8 Å². The van der Waals surface area contributed by atoms with E-state index in [9.17, 15) is 4.79 Å². The number of nitrogens with zero attached hydrogens (tertiary/aromatic N) is 2. The molecule has 1 unspecified atom stereocenters. The average molecular weight is 364 g/mol. The number of benzene rings is 1. The van der Waals surface area contributed by atoms with Gasteiger partial charge in [-0.1, -0.05) is 39.0 Å². The van der Waals surface area contributed by atoms with E-state index in [2.05, 4.69) is 35.9 Å². The molecule has 0 fully saturated rings. The quantitative estimate of drug-likeness (QED) is 0.619. The number of anilines is 1.